The van der Waals surface area contributed by atoms with Crippen molar-refractivity contribution in [3.63, 3.8) is 0 Å². The molecule has 6 heteroatoms. The van der Waals surface area contributed by atoms with E-state index in [-0.39, 0.29) is 36.2 Å². The summed E-state index contributed by atoms with van der Waals surface area (Å²) >= 11 is 0.839. The van der Waals surface area contributed by atoms with Crippen molar-refractivity contribution in [1.29, 1.82) is 0 Å². The fourth-order valence-corrected chi connectivity index (χ4v) is 1.67. The summed E-state index contributed by atoms with van der Waals surface area (Å²) in [5, 5.41) is 21.9. The van der Waals surface area contributed by atoms with Gasteiger partial charge in [-0.3, -0.25) is 5.04 Å². The van der Waals surface area contributed by atoms with Gasteiger partial charge in [-0.15, -0.1) is 0 Å². The van der Waals surface area contributed by atoms with Gasteiger partial charge in [-0.25, -0.2) is 0 Å². The van der Waals surface area contributed by atoms with Gasteiger partial charge in [0.1, 0.15) is 0 Å². The van der Waals surface area contributed by atoms with E-state index in [0.29, 0.717) is 0 Å². The Morgan fingerprint density at radius 1 is 1.33 bits per heavy atom. The van der Waals surface area contributed by atoms with Crippen LogP contribution >= 0.6 is 12.0 Å². The van der Waals surface area contributed by atoms with E-state index in [1.165, 1.54) is 0 Å². The van der Waals surface area contributed by atoms with E-state index in [9.17, 15) is 5.26 Å². The van der Waals surface area contributed by atoms with Gasteiger partial charge in [0.05, 0.1) is 18.6 Å². The van der Waals surface area contributed by atoms with E-state index in [4.69, 9.17) is 5.11 Å². The molecule has 0 fully saturated rings. The molecular formula is C9H11NaO4S. The molecule has 0 heterocycles. The first-order chi connectivity index (χ1) is 6.69. The van der Waals surface area contributed by atoms with Crippen LogP contribution in [0.4, 0.5) is 0 Å². The number of hydrogen-bond acceptors (Lipinski definition) is 5. The number of rotatable bonds is 4. The molecular weight excluding hydrogens is 227 g/mol. The molecule has 0 bridgehead atoms. The zero-order chi connectivity index (χ0) is 10.6. The normalized spacial score (nSPS) is 9.87. The summed E-state index contributed by atoms with van der Waals surface area (Å²) in [5.41, 5.74) is 2.80. The Morgan fingerprint density at radius 2 is 2.00 bits per heavy atom. The van der Waals surface area contributed by atoms with E-state index in [1.54, 1.807) is 6.07 Å². The summed E-state index contributed by atoms with van der Waals surface area (Å²) in [5.74, 6) is 0. The summed E-state index contributed by atoms with van der Waals surface area (Å²) in [6, 6.07) is 3.69. The third-order valence-electron chi connectivity index (χ3n) is 1.96. The molecule has 0 radical (unpaired) electrons. The molecule has 0 aromatic heterocycles. The van der Waals surface area contributed by atoms with Gasteiger partial charge in [0.15, 0.2) is 0 Å². The van der Waals surface area contributed by atoms with Crippen LogP contribution in [0.3, 0.4) is 0 Å². The molecule has 0 amide bonds. The standard InChI is InChI=1S/C9H12O4S.Na/c1-6-3-7(2)9(14-13-12-11)4-8(6)5-10;/h3-4,10-11H,5H2,1-2H3;/q;+1/p-1. The van der Waals surface area contributed by atoms with Crippen LogP contribution in [-0.4, -0.2) is 5.11 Å². The van der Waals surface area contributed by atoms with E-state index < -0.39 is 0 Å². The third kappa shape index (κ3) is 4.42. The Hall–Kier alpha value is 0.410. The molecule has 1 aromatic rings. The zero-order valence-electron chi connectivity index (χ0n) is 8.94. The summed E-state index contributed by atoms with van der Waals surface area (Å²) in [7, 11) is 0. The second-order valence-corrected chi connectivity index (χ2v) is 3.66. The first-order valence-electron chi connectivity index (χ1n) is 4.03. The van der Waals surface area contributed by atoms with Crippen molar-refractivity contribution >= 4 is 12.0 Å². The van der Waals surface area contributed by atoms with Crippen LogP contribution in [0, 0.1) is 13.8 Å². The van der Waals surface area contributed by atoms with Gasteiger partial charge in [-0.2, -0.15) is 4.33 Å². The largest absolute Gasteiger partial charge is 1.00 e. The zero-order valence-corrected chi connectivity index (χ0v) is 11.8. The Kier molecular flexibility index (Phi) is 7.85. The molecule has 4 nitrogen and oxygen atoms in total. The third-order valence-corrected chi connectivity index (χ3v) is 2.70. The Morgan fingerprint density at radius 3 is 2.53 bits per heavy atom. The number of aliphatic hydroxyl groups is 1. The minimum absolute atomic E-state index is 0. The Balaban J connectivity index is 0.00000196. The number of benzene rings is 1. The second-order valence-electron chi connectivity index (χ2n) is 2.92. The first kappa shape index (κ1) is 15.4. The van der Waals surface area contributed by atoms with Gasteiger partial charge in [0.2, 0.25) is 0 Å². The number of hydrogen-bond donors (Lipinski definition) is 1. The van der Waals surface area contributed by atoms with Crippen molar-refractivity contribution in [3.05, 3.63) is 28.8 Å². The summed E-state index contributed by atoms with van der Waals surface area (Å²) in [6.45, 7) is 3.78. The van der Waals surface area contributed by atoms with Gasteiger partial charge >= 0.3 is 29.6 Å². The number of aliphatic hydroxyl groups excluding tert-OH is 1. The molecule has 0 saturated carbocycles. The molecule has 78 valence electrons. The smallest absolute Gasteiger partial charge is 0.691 e. The fourth-order valence-electron chi connectivity index (χ4n) is 1.19. The minimum Gasteiger partial charge on any atom is -0.691 e. The van der Waals surface area contributed by atoms with Gasteiger partial charge in [0, 0.05) is 4.90 Å². The SMILES string of the molecule is Cc1cc(C)c(SOO[O-])cc1CO.[Na+]. The van der Waals surface area contributed by atoms with Crippen molar-refractivity contribution in [3.8, 4) is 0 Å². The van der Waals surface area contributed by atoms with Gasteiger partial charge in [-0.1, -0.05) is 6.07 Å². The van der Waals surface area contributed by atoms with E-state index >= 15 is 0 Å². The minimum atomic E-state index is -0.0299. The molecule has 1 rings (SSSR count). The first-order valence-corrected chi connectivity index (χ1v) is 4.77. The van der Waals surface area contributed by atoms with Gasteiger partial charge in [-0.05, 0) is 36.6 Å². The van der Waals surface area contributed by atoms with Crippen LogP contribution in [0.1, 0.15) is 16.7 Å². The monoisotopic (exact) mass is 238 g/mol. The molecule has 0 aliphatic carbocycles. The predicted molar refractivity (Wildman–Crippen MR) is 49.9 cm³/mol. The molecule has 1 aromatic carbocycles. The molecule has 0 aliphatic heterocycles. The van der Waals surface area contributed by atoms with Gasteiger partial charge < -0.3 is 10.4 Å². The molecule has 0 saturated heterocycles. The quantitative estimate of drug-likeness (QED) is 0.285. The Labute approximate surface area is 115 Å². The van der Waals surface area contributed by atoms with Crippen molar-refractivity contribution in [1.82, 2.24) is 0 Å². The van der Waals surface area contributed by atoms with Crippen molar-refractivity contribution in [2.75, 3.05) is 0 Å². The van der Waals surface area contributed by atoms with Crippen LogP contribution in [0.5, 0.6) is 0 Å². The van der Waals surface area contributed by atoms with Crippen LogP contribution in [-0.2, 0) is 16.0 Å². The maximum Gasteiger partial charge on any atom is 1.00 e. The van der Waals surface area contributed by atoms with Crippen LogP contribution < -0.4 is 34.8 Å². The predicted octanol–water partition coefficient (Wildman–Crippen LogP) is -1.97. The van der Waals surface area contributed by atoms with Crippen LogP contribution in [0.15, 0.2) is 17.0 Å². The summed E-state index contributed by atoms with van der Waals surface area (Å²) < 4.78 is 4.22. The molecule has 0 atom stereocenters. The average molecular weight is 238 g/mol. The van der Waals surface area contributed by atoms with E-state index in [0.717, 1.165) is 33.6 Å². The topological polar surface area (TPSA) is 61.8 Å². The molecule has 0 aliphatic rings. The van der Waals surface area contributed by atoms with Gasteiger partial charge in [0.25, 0.3) is 0 Å². The van der Waals surface area contributed by atoms with Crippen molar-refractivity contribution in [2.45, 2.75) is 25.3 Å². The van der Waals surface area contributed by atoms with E-state index in [2.05, 4.69) is 9.37 Å². The number of aryl methyl sites for hydroxylation is 2. The molecule has 0 spiro atoms. The van der Waals surface area contributed by atoms with E-state index in [1.807, 2.05) is 19.9 Å². The summed E-state index contributed by atoms with van der Waals surface area (Å²) in [6.07, 6.45) is 0. The maximum atomic E-state index is 9.64. The van der Waals surface area contributed by atoms with Crippen LogP contribution in [0.25, 0.3) is 0 Å². The Bertz CT molecular complexity index is 319. The summed E-state index contributed by atoms with van der Waals surface area (Å²) in [4.78, 5) is 0.760. The maximum absolute atomic E-state index is 9.64. The molecule has 15 heavy (non-hydrogen) atoms. The molecule has 1 N–H and O–H groups in total. The second kappa shape index (κ2) is 7.65. The van der Waals surface area contributed by atoms with Crippen molar-refractivity contribution < 1.29 is 49.3 Å². The average Bonchev–Trinajstić information content (AvgIpc) is 2.17. The molecule has 0 unspecified atom stereocenters. The van der Waals surface area contributed by atoms with Crippen LogP contribution in [0.2, 0.25) is 0 Å². The fraction of sp³-hybridized carbons (Fsp3) is 0.333. The van der Waals surface area contributed by atoms with Crippen molar-refractivity contribution in [2.24, 2.45) is 0 Å².